The Labute approximate surface area is 132 Å². The first-order valence-electron chi connectivity index (χ1n) is 5.64. The number of rotatable bonds is 4. The summed E-state index contributed by atoms with van der Waals surface area (Å²) in [6, 6.07) is 2.43. The second-order valence-electron chi connectivity index (χ2n) is 4.19. The van der Waals surface area contributed by atoms with E-state index in [1.54, 1.807) is 13.0 Å². The summed E-state index contributed by atoms with van der Waals surface area (Å²) in [5, 5.41) is 13.4. The van der Waals surface area contributed by atoms with Crippen molar-refractivity contribution in [2.75, 3.05) is 5.32 Å². The van der Waals surface area contributed by atoms with Gasteiger partial charge in [0.1, 0.15) is 5.82 Å². The van der Waals surface area contributed by atoms with Gasteiger partial charge in [-0.2, -0.15) is 4.39 Å². The number of nitro groups is 1. The van der Waals surface area contributed by atoms with Gasteiger partial charge in [0.25, 0.3) is 0 Å². The van der Waals surface area contributed by atoms with Gasteiger partial charge in [-0.15, -0.1) is 11.3 Å². The SMILES string of the molecule is CC(Nc1cc([N+](=O)[O-])c(F)cc1F)c1cc(Cl)sc1Cl. The maximum absolute atomic E-state index is 13.7. The lowest BCUT2D eigenvalue weighted by Gasteiger charge is -2.15. The minimum absolute atomic E-state index is 0.186. The molecule has 0 aliphatic rings. The lowest BCUT2D eigenvalue weighted by molar-refractivity contribution is -0.387. The maximum atomic E-state index is 13.7. The molecule has 0 bridgehead atoms. The number of benzene rings is 1. The fourth-order valence-corrected chi connectivity index (χ4v) is 3.39. The zero-order valence-electron chi connectivity index (χ0n) is 10.5. The topological polar surface area (TPSA) is 55.2 Å². The van der Waals surface area contributed by atoms with E-state index in [4.69, 9.17) is 23.2 Å². The van der Waals surface area contributed by atoms with Gasteiger partial charge < -0.3 is 5.32 Å². The summed E-state index contributed by atoms with van der Waals surface area (Å²) in [5.41, 5.74) is -0.368. The third-order valence-corrected chi connectivity index (χ3v) is 4.27. The molecule has 0 fully saturated rings. The van der Waals surface area contributed by atoms with Crippen molar-refractivity contribution in [3.63, 3.8) is 0 Å². The first kappa shape index (κ1) is 15.9. The second kappa shape index (κ2) is 6.13. The van der Waals surface area contributed by atoms with Gasteiger partial charge >= 0.3 is 5.69 Å². The highest BCUT2D eigenvalue weighted by atomic mass is 35.5. The number of nitrogens with zero attached hydrogens (tertiary/aromatic N) is 1. The molecule has 2 rings (SSSR count). The van der Waals surface area contributed by atoms with Crippen LogP contribution in [-0.4, -0.2) is 4.92 Å². The molecule has 1 aromatic carbocycles. The van der Waals surface area contributed by atoms with Crippen molar-refractivity contribution in [3.05, 3.63) is 54.2 Å². The monoisotopic (exact) mass is 352 g/mol. The minimum atomic E-state index is -1.23. The summed E-state index contributed by atoms with van der Waals surface area (Å²) in [5.74, 6) is -2.16. The second-order valence-corrected chi connectivity index (χ2v) is 6.47. The standard InChI is InChI=1S/C12H8Cl2F2N2O2S/c1-5(6-2-11(13)21-12(6)14)17-9-4-10(18(19)20)8(16)3-7(9)15/h2-5,17H,1H3. The van der Waals surface area contributed by atoms with Gasteiger partial charge in [-0.25, -0.2) is 4.39 Å². The van der Waals surface area contributed by atoms with Crippen molar-refractivity contribution < 1.29 is 13.7 Å². The maximum Gasteiger partial charge on any atom is 0.307 e. The molecule has 1 atom stereocenters. The fourth-order valence-electron chi connectivity index (χ4n) is 1.75. The Hall–Kier alpha value is -1.44. The molecule has 0 radical (unpaired) electrons. The predicted molar refractivity (Wildman–Crippen MR) is 79.4 cm³/mol. The van der Waals surface area contributed by atoms with Gasteiger partial charge in [0.2, 0.25) is 5.82 Å². The van der Waals surface area contributed by atoms with Crippen molar-refractivity contribution >= 4 is 45.9 Å². The molecule has 1 N–H and O–H groups in total. The first-order chi connectivity index (χ1) is 9.79. The van der Waals surface area contributed by atoms with Gasteiger partial charge in [-0.3, -0.25) is 10.1 Å². The Balaban J connectivity index is 2.33. The molecule has 21 heavy (non-hydrogen) atoms. The normalized spacial score (nSPS) is 12.2. The number of nitrogens with one attached hydrogen (secondary N) is 1. The molecule has 9 heteroatoms. The average molecular weight is 353 g/mol. The Bertz CT molecular complexity index is 709. The van der Waals surface area contributed by atoms with Crippen LogP contribution >= 0.6 is 34.5 Å². The summed E-state index contributed by atoms with van der Waals surface area (Å²) in [6.07, 6.45) is 0. The van der Waals surface area contributed by atoms with Crippen LogP contribution in [0.15, 0.2) is 18.2 Å². The molecular weight excluding hydrogens is 345 g/mol. The number of nitro benzene ring substituents is 1. The van der Waals surface area contributed by atoms with E-state index < -0.39 is 28.3 Å². The van der Waals surface area contributed by atoms with E-state index in [1.807, 2.05) is 0 Å². The highest BCUT2D eigenvalue weighted by Gasteiger charge is 2.21. The summed E-state index contributed by atoms with van der Waals surface area (Å²) in [7, 11) is 0. The third-order valence-electron chi connectivity index (χ3n) is 2.75. The van der Waals surface area contributed by atoms with Crippen molar-refractivity contribution in [3.8, 4) is 0 Å². The van der Waals surface area contributed by atoms with Gasteiger partial charge in [-0.05, 0) is 13.0 Å². The number of hydrogen-bond donors (Lipinski definition) is 1. The van der Waals surface area contributed by atoms with Crippen LogP contribution in [0.4, 0.5) is 20.2 Å². The lowest BCUT2D eigenvalue weighted by Crippen LogP contribution is -2.08. The van der Waals surface area contributed by atoms with Crippen LogP contribution in [0.2, 0.25) is 8.67 Å². The average Bonchev–Trinajstić information content (AvgIpc) is 2.71. The van der Waals surface area contributed by atoms with E-state index in [0.717, 1.165) is 17.4 Å². The Morgan fingerprint density at radius 3 is 2.48 bits per heavy atom. The van der Waals surface area contributed by atoms with Crippen LogP contribution in [0.1, 0.15) is 18.5 Å². The molecular formula is C12H8Cl2F2N2O2S. The molecule has 2 aromatic rings. The Morgan fingerprint density at radius 1 is 1.29 bits per heavy atom. The van der Waals surface area contributed by atoms with Gasteiger partial charge in [-0.1, -0.05) is 23.2 Å². The fraction of sp³-hybridized carbons (Fsp3) is 0.167. The van der Waals surface area contributed by atoms with Crippen LogP contribution in [0.5, 0.6) is 0 Å². The molecule has 0 aliphatic heterocycles. The lowest BCUT2D eigenvalue weighted by atomic mass is 10.1. The third kappa shape index (κ3) is 3.42. The Kier molecular flexibility index (Phi) is 4.65. The number of hydrogen-bond acceptors (Lipinski definition) is 4. The molecule has 1 heterocycles. The summed E-state index contributed by atoms with van der Waals surface area (Å²) >= 11 is 13.0. The Morgan fingerprint density at radius 2 is 1.95 bits per heavy atom. The minimum Gasteiger partial charge on any atom is -0.376 e. The highest BCUT2D eigenvalue weighted by Crippen LogP contribution is 2.37. The molecule has 0 spiro atoms. The summed E-state index contributed by atoms with van der Waals surface area (Å²) in [6.45, 7) is 1.68. The van der Waals surface area contributed by atoms with Gasteiger partial charge in [0, 0.05) is 17.7 Å². The smallest absolute Gasteiger partial charge is 0.307 e. The zero-order valence-corrected chi connectivity index (χ0v) is 12.8. The molecule has 4 nitrogen and oxygen atoms in total. The molecule has 0 saturated heterocycles. The van der Waals surface area contributed by atoms with E-state index in [-0.39, 0.29) is 5.69 Å². The van der Waals surface area contributed by atoms with Crippen LogP contribution in [0.25, 0.3) is 0 Å². The van der Waals surface area contributed by atoms with Crippen molar-refractivity contribution in [2.45, 2.75) is 13.0 Å². The van der Waals surface area contributed by atoms with Crippen LogP contribution in [-0.2, 0) is 0 Å². The first-order valence-corrected chi connectivity index (χ1v) is 7.21. The molecule has 0 aliphatic carbocycles. The molecule has 112 valence electrons. The molecule has 0 amide bonds. The summed E-state index contributed by atoms with van der Waals surface area (Å²) in [4.78, 5) is 9.76. The zero-order chi connectivity index (χ0) is 15.7. The van der Waals surface area contributed by atoms with E-state index in [1.165, 1.54) is 0 Å². The number of anilines is 1. The van der Waals surface area contributed by atoms with E-state index in [9.17, 15) is 18.9 Å². The van der Waals surface area contributed by atoms with Crippen LogP contribution in [0, 0.1) is 21.7 Å². The van der Waals surface area contributed by atoms with E-state index >= 15 is 0 Å². The largest absolute Gasteiger partial charge is 0.376 e. The van der Waals surface area contributed by atoms with Crippen molar-refractivity contribution in [1.82, 2.24) is 0 Å². The van der Waals surface area contributed by atoms with Crippen LogP contribution < -0.4 is 5.32 Å². The molecule has 1 unspecified atom stereocenters. The van der Waals surface area contributed by atoms with E-state index in [2.05, 4.69) is 5.32 Å². The van der Waals surface area contributed by atoms with Crippen molar-refractivity contribution in [1.29, 1.82) is 0 Å². The van der Waals surface area contributed by atoms with Gasteiger partial charge in [0.05, 0.1) is 25.3 Å². The molecule has 1 aromatic heterocycles. The predicted octanol–water partition coefficient (Wildman–Crippen LogP) is 5.41. The van der Waals surface area contributed by atoms with Gasteiger partial charge in [0.15, 0.2) is 0 Å². The highest BCUT2D eigenvalue weighted by molar-refractivity contribution is 7.20. The quantitative estimate of drug-likeness (QED) is 0.590. The van der Waals surface area contributed by atoms with Crippen molar-refractivity contribution in [2.24, 2.45) is 0 Å². The summed E-state index contributed by atoms with van der Waals surface area (Å²) < 4.78 is 27.9. The number of thiophene rings is 1. The number of halogens is 4. The van der Waals surface area contributed by atoms with Crippen LogP contribution in [0.3, 0.4) is 0 Å². The van der Waals surface area contributed by atoms with E-state index in [0.29, 0.717) is 20.3 Å². The molecule has 0 saturated carbocycles.